The van der Waals surface area contributed by atoms with E-state index in [2.05, 4.69) is 0 Å². The molecule has 2 aliphatic heterocycles. The van der Waals surface area contributed by atoms with E-state index in [1.165, 1.54) is 24.3 Å². The fourth-order valence-corrected chi connectivity index (χ4v) is 3.75. The molecule has 4 rings (SSSR count). The average molecular weight is 466 g/mol. The zero-order valence-corrected chi connectivity index (χ0v) is 16.8. The molecule has 2 unspecified atom stereocenters. The van der Waals surface area contributed by atoms with Crippen molar-refractivity contribution in [3.8, 4) is 28.7 Å². The van der Waals surface area contributed by atoms with Gasteiger partial charge in [0.25, 0.3) is 0 Å². The Kier molecular flexibility index (Phi) is 6.05. The van der Waals surface area contributed by atoms with Crippen LogP contribution in [0.5, 0.6) is 28.7 Å². The maximum Gasteiger partial charge on any atom is 0.229 e. The number of hydrogen-bond donors (Lipinski definition) is 8. The molecule has 1 fully saturated rings. The van der Waals surface area contributed by atoms with Crippen LogP contribution in [0, 0.1) is 0 Å². The molecule has 1 saturated heterocycles. The third-order valence-electron chi connectivity index (χ3n) is 5.55. The quantitative estimate of drug-likeness (QED) is 0.263. The first kappa shape index (κ1) is 23.0. The van der Waals surface area contributed by atoms with Gasteiger partial charge in [0.2, 0.25) is 17.8 Å². The second-order valence-electron chi connectivity index (χ2n) is 7.70. The van der Waals surface area contributed by atoms with Crippen molar-refractivity contribution in [3.05, 3.63) is 41.5 Å². The van der Waals surface area contributed by atoms with Crippen LogP contribution in [-0.4, -0.2) is 90.1 Å². The molecule has 0 radical (unpaired) electrons. The highest BCUT2D eigenvalue weighted by molar-refractivity contribution is 6.06. The summed E-state index contributed by atoms with van der Waals surface area (Å²) in [6, 6.07) is 6.14. The minimum Gasteiger partial charge on any atom is -0.508 e. The lowest BCUT2D eigenvalue weighted by molar-refractivity contribution is -0.277. The highest BCUT2D eigenvalue weighted by Gasteiger charge is 2.47. The zero-order chi connectivity index (χ0) is 24.0. The smallest absolute Gasteiger partial charge is 0.229 e. The van der Waals surface area contributed by atoms with Gasteiger partial charge in [0.15, 0.2) is 23.7 Å². The Morgan fingerprint density at radius 1 is 0.909 bits per heavy atom. The molecule has 2 aliphatic rings. The molecule has 12 heteroatoms. The fourth-order valence-electron chi connectivity index (χ4n) is 3.75. The first-order valence-corrected chi connectivity index (χ1v) is 9.88. The van der Waals surface area contributed by atoms with Crippen LogP contribution in [0.25, 0.3) is 0 Å². The number of ether oxygens (including phenoxy) is 3. The topological polar surface area (TPSA) is 207 Å². The highest BCUT2D eigenvalue weighted by Crippen LogP contribution is 2.50. The number of ketones is 1. The SMILES string of the molecule is O=C1c2c(O)cc(O)c(O[C@@H]3O[C@H](CO)[C@@H](O)[C@H](O)[C@H]3O)c2OC(c2ccc(O)cc2)C1O. The summed E-state index contributed by atoms with van der Waals surface area (Å²) < 4.78 is 16.5. The number of benzene rings is 2. The van der Waals surface area contributed by atoms with Crippen molar-refractivity contribution >= 4 is 5.78 Å². The van der Waals surface area contributed by atoms with E-state index in [4.69, 9.17) is 14.2 Å². The van der Waals surface area contributed by atoms with Gasteiger partial charge in [-0.3, -0.25) is 4.79 Å². The largest absolute Gasteiger partial charge is 0.508 e. The van der Waals surface area contributed by atoms with E-state index >= 15 is 0 Å². The number of rotatable bonds is 4. The van der Waals surface area contributed by atoms with Gasteiger partial charge in [-0.15, -0.1) is 0 Å². The van der Waals surface area contributed by atoms with Gasteiger partial charge in [-0.05, 0) is 17.7 Å². The van der Waals surface area contributed by atoms with Crippen molar-refractivity contribution in [2.75, 3.05) is 6.61 Å². The number of aromatic hydroxyl groups is 3. The van der Waals surface area contributed by atoms with Crippen LogP contribution in [0.3, 0.4) is 0 Å². The van der Waals surface area contributed by atoms with E-state index < -0.39 is 83.9 Å². The first-order valence-electron chi connectivity index (χ1n) is 9.88. The number of aliphatic hydroxyl groups is 5. The lowest BCUT2D eigenvalue weighted by atomic mass is 9.92. The number of hydrogen-bond acceptors (Lipinski definition) is 12. The second kappa shape index (κ2) is 8.67. The number of fused-ring (bicyclic) bond motifs is 1. The van der Waals surface area contributed by atoms with Gasteiger partial charge in [-0.25, -0.2) is 0 Å². The Morgan fingerprint density at radius 2 is 1.58 bits per heavy atom. The maximum atomic E-state index is 12.8. The second-order valence-corrected chi connectivity index (χ2v) is 7.70. The molecule has 33 heavy (non-hydrogen) atoms. The molecule has 0 saturated carbocycles. The molecule has 178 valence electrons. The van der Waals surface area contributed by atoms with E-state index in [0.29, 0.717) is 0 Å². The number of aliphatic hydroxyl groups excluding tert-OH is 5. The molecular formula is C21H22O12. The molecule has 12 nitrogen and oxygen atoms in total. The predicted octanol–water partition coefficient (Wildman–Crippen LogP) is -1.34. The van der Waals surface area contributed by atoms with Crippen molar-refractivity contribution in [1.29, 1.82) is 0 Å². The molecule has 7 atom stereocenters. The maximum absolute atomic E-state index is 12.8. The Bertz CT molecular complexity index is 1040. The molecule has 0 aliphatic carbocycles. The van der Waals surface area contributed by atoms with Crippen LogP contribution < -0.4 is 9.47 Å². The summed E-state index contributed by atoms with van der Waals surface area (Å²) in [4.78, 5) is 12.8. The molecule has 0 aromatic heterocycles. The van der Waals surface area contributed by atoms with Crippen LogP contribution in [0.4, 0.5) is 0 Å². The molecule has 2 aromatic rings. The normalized spacial score (nSPS) is 31.5. The van der Waals surface area contributed by atoms with Crippen molar-refractivity contribution < 1.29 is 59.9 Å². The summed E-state index contributed by atoms with van der Waals surface area (Å²) in [5, 5.41) is 80.0. The Hall–Kier alpha value is -3.13. The third kappa shape index (κ3) is 3.93. The molecule has 0 spiro atoms. The minimum atomic E-state index is -1.83. The van der Waals surface area contributed by atoms with Gasteiger partial charge in [0, 0.05) is 6.07 Å². The average Bonchev–Trinajstić information content (AvgIpc) is 2.78. The van der Waals surface area contributed by atoms with E-state index in [1.807, 2.05) is 0 Å². The van der Waals surface area contributed by atoms with Gasteiger partial charge in [-0.2, -0.15) is 0 Å². The molecule has 0 bridgehead atoms. The van der Waals surface area contributed by atoms with E-state index in [0.717, 1.165) is 6.07 Å². The van der Waals surface area contributed by atoms with Gasteiger partial charge >= 0.3 is 0 Å². The van der Waals surface area contributed by atoms with Gasteiger partial charge < -0.3 is 55.1 Å². The number of carbonyl (C=O) groups is 1. The summed E-state index contributed by atoms with van der Waals surface area (Å²) in [5.41, 5.74) is -0.226. The molecular weight excluding hydrogens is 444 g/mol. The minimum absolute atomic E-state index is 0.0716. The lowest BCUT2D eigenvalue weighted by Crippen LogP contribution is -2.60. The molecule has 2 aromatic carbocycles. The number of carbonyl (C=O) groups excluding carboxylic acids is 1. The summed E-state index contributed by atoms with van der Waals surface area (Å²) in [6.07, 6.45) is -11.4. The van der Waals surface area contributed by atoms with Crippen LogP contribution in [0.1, 0.15) is 22.0 Å². The van der Waals surface area contributed by atoms with Crippen LogP contribution in [-0.2, 0) is 4.74 Å². The first-order chi connectivity index (χ1) is 15.6. The standard InChI is InChI=1S/C21H22O12/c22-6-11-13(26)15(28)17(30)21(31-11)33-19-10(25)5-9(24)12-14(27)16(29)18(32-20(12)19)7-1-3-8(23)4-2-7/h1-5,11,13,15-18,21-26,28-30H,6H2/t11-,13-,15+,16?,17-,18?,21+/m1/s1. The van der Waals surface area contributed by atoms with Crippen LogP contribution in [0.2, 0.25) is 0 Å². The molecule has 0 amide bonds. The van der Waals surface area contributed by atoms with Gasteiger partial charge in [-0.1, -0.05) is 12.1 Å². The molecule has 8 N–H and O–H groups in total. The monoisotopic (exact) mass is 466 g/mol. The van der Waals surface area contributed by atoms with Crippen molar-refractivity contribution in [3.63, 3.8) is 0 Å². The van der Waals surface area contributed by atoms with E-state index in [-0.39, 0.29) is 11.3 Å². The summed E-state index contributed by atoms with van der Waals surface area (Å²) in [5.74, 6) is -3.49. The Labute approximate surface area is 186 Å². The van der Waals surface area contributed by atoms with Gasteiger partial charge in [0.05, 0.1) is 6.61 Å². The fraction of sp³-hybridized carbons (Fsp3) is 0.381. The number of Topliss-reactive ketones (excluding diaryl/α,β-unsaturated/α-hetero) is 1. The molecule has 2 heterocycles. The van der Waals surface area contributed by atoms with Gasteiger partial charge in [0.1, 0.15) is 41.5 Å². The van der Waals surface area contributed by atoms with Crippen LogP contribution in [0.15, 0.2) is 30.3 Å². The van der Waals surface area contributed by atoms with E-state index in [9.17, 15) is 45.6 Å². The lowest BCUT2D eigenvalue weighted by Gasteiger charge is -2.40. The van der Waals surface area contributed by atoms with Crippen molar-refractivity contribution in [2.24, 2.45) is 0 Å². The Morgan fingerprint density at radius 3 is 2.21 bits per heavy atom. The predicted molar refractivity (Wildman–Crippen MR) is 106 cm³/mol. The zero-order valence-electron chi connectivity index (χ0n) is 16.8. The van der Waals surface area contributed by atoms with Crippen LogP contribution >= 0.6 is 0 Å². The third-order valence-corrected chi connectivity index (χ3v) is 5.55. The highest BCUT2D eigenvalue weighted by atomic mass is 16.7. The van der Waals surface area contributed by atoms with Crippen molar-refractivity contribution in [1.82, 2.24) is 0 Å². The number of phenols is 3. The summed E-state index contributed by atoms with van der Waals surface area (Å²) in [7, 11) is 0. The number of phenolic OH excluding ortho intramolecular Hbond substituents is 3. The summed E-state index contributed by atoms with van der Waals surface area (Å²) in [6.45, 7) is -0.728. The van der Waals surface area contributed by atoms with E-state index in [1.54, 1.807) is 0 Å². The van der Waals surface area contributed by atoms with Crippen molar-refractivity contribution in [2.45, 2.75) is 42.9 Å². The summed E-state index contributed by atoms with van der Waals surface area (Å²) >= 11 is 0. The Balaban J connectivity index is 1.74.